The molecule has 0 spiro atoms. The van der Waals surface area contributed by atoms with Gasteiger partial charge in [-0.15, -0.1) is 0 Å². The second-order valence-electron chi connectivity index (χ2n) is 6.40. The largest absolute Gasteiger partial charge is 0.502 e. The van der Waals surface area contributed by atoms with Gasteiger partial charge in [0, 0.05) is 42.7 Å². The number of pyridine rings is 1. The summed E-state index contributed by atoms with van der Waals surface area (Å²) in [5, 5.41) is 0. The topological polar surface area (TPSA) is 194 Å². The lowest BCUT2D eigenvalue weighted by molar-refractivity contribution is 0.202. The summed E-state index contributed by atoms with van der Waals surface area (Å²) >= 11 is 0. The average Bonchev–Trinajstić information content (AvgIpc) is 2.84. The quantitative estimate of drug-likeness (QED) is 0.409. The zero-order valence-corrected chi connectivity index (χ0v) is 18.6. The predicted octanol–water partition coefficient (Wildman–Crippen LogP) is -2.97. The lowest BCUT2D eigenvalue weighted by Gasteiger charge is -2.37. The smallest absolute Gasteiger partial charge is 0.384 e. The van der Waals surface area contributed by atoms with Crippen molar-refractivity contribution in [3.05, 3.63) is 18.1 Å². The van der Waals surface area contributed by atoms with Crippen molar-refractivity contribution < 1.29 is 47.4 Å². The van der Waals surface area contributed by atoms with E-state index in [0.29, 0.717) is 12.3 Å². The molecule has 18 heteroatoms. The Labute approximate surface area is 167 Å². The van der Waals surface area contributed by atoms with Crippen LogP contribution in [0.3, 0.4) is 0 Å². The van der Waals surface area contributed by atoms with Crippen molar-refractivity contribution >= 4 is 57.7 Å². The molecular formula is C11H16BFN2O10S4. The Hall–Kier alpha value is -1.34. The minimum Gasteiger partial charge on any atom is -0.384 e. The molecule has 0 saturated carbocycles. The molecule has 0 radical (unpaired) electrons. The van der Waals surface area contributed by atoms with Gasteiger partial charge in [-0.25, -0.2) is 43.0 Å². The number of halogens is 1. The van der Waals surface area contributed by atoms with E-state index in [0.717, 1.165) is 0 Å². The molecule has 0 bridgehead atoms. The third kappa shape index (κ3) is 3.25. The van der Waals surface area contributed by atoms with E-state index in [-0.39, 0.29) is 30.8 Å². The number of nitrogen functional groups attached to an aromatic ring is 1. The average molecular weight is 494 g/mol. The third-order valence-corrected chi connectivity index (χ3v) is 13.6. The number of anilines is 1. The molecule has 12 nitrogen and oxygen atoms in total. The normalized spacial score (nSPS) is 20.0. The number of nitrogens with zero attached hydrogens (tertiary/aromatic N) is 1. The van der Waals surface area contributed by atoms with Crippen LogP contribution in [0.5, 0.6) is 0 Å². The number of hydrogen-bond acceptors (Lipinski definition) is 12. The Morgan fingerprint density at radius 1 is 0.862 bits per heavy atom. The molecule has 29 heavy (non-hydrogen) atoms. The lowest BCUT2D eigenvalue weighted by Crippen LogP contribution is -2.67. The van der Waals surface area contributed by atoms with Crippen LogP contribution in [0.1, 0.15) is 0 Å². The van der Waals surface area contributed by atoms with Crippen molar-refractivity contribution in [3.8, 4) is 0 Å². The summed E-state index contributed by atoms with van der Waals surface area (Å²) in [6.45, 7) is 0. The van der Waals surface area contributed by atoms with E-state index in [9.17, 15) is 38.1 Å². The van der Waals surface area contributed by atoms with Crippen LogP contribution in [0.4, 0.5) is 10.2 Å². The van der Waals surface area contributed by atoms with E-state index in [4.69, 9.17) is 15.0 Å². The summed E-state index contributed by atoms with van der Waals surface area (Å²) in [4.78, 5) is 3.51. The van der Waals surface area contributed by atoms with Crippen molar-refractivity contribution in [3.63, 3.8) is 0 Å². The van der Waals surface area contributed by atoms with Gasteiger partial charge in [0.25, 0.3) is 0 Å². The molecule has 0 aromatic carbocycles. The maximum Gasteiger partial charge on any atom is 0.502 e. The second kappa shape index (κ2) is 6.58. The first-order valence-corrected chi connectivity index (χ1v) is 14.8. The monoisotopic (exact) mass is 494 g/mol. The minimum atomic E-state index is -5.22. The Balaban J connectivity index is 3.11. The fourth-order valence-electron chi connectivity index (χ4n) is 3.01. The van der Waals surface area contributed by atoms with Gasteiger partial charge in [0.1, 0.15) is 11.6 Å². The standard InChI is InChI=1S/C11H16BFN2O10S4/c1-26(16,17)10(27(2,18)19)11(28(3,20)21,29(4,22)23)25-12(24-10)7-6-15-9(14)5-8(7)13/h5-6H,1-4H3,(H2,14,15). The highest BCUT2D eigenvalue weighted by molar-refractivity contribution is 8.16. The molecule has 1 aliphatic heterocycles. The van der Waals surface area contributed by atoms with Gasteiger partial charge >= 0.3 is 15.6 Å². The molecule has 2 rings (SSSR count). The maximum absolute atomic E-state index is 14.3. The van der Waals surface area contributed by atoms with Gasteiger partial charge in [-0.2, -0.15) is 0 Å². The second-order valence-corrected chi connectivity index (χ2v) is 15.4. The summed E-state index contributed by atoms with van der Waals surface area (Å²) in [7, 11) is -23.3. The van der Waals surface area contributed by atoms with Crippen LogP contribution in [-0.2, 0) is 48.7 Å². The Morgan fingerprint density at radius 3 is 1.48 bits per heavy atom. The molecule has 1 aliphatic rings. The van der Waals surface area contributed by atoms with Gasteiger partial charge in [-0.3, -0.25) is 0 Å². The van der Waals surface area contributed by atoms with E-state index in [1.165, 1.54) is 0 Å². The molecule has 1 aromatic heterocycles. The van der Waals surface area contributed by atoms with Gasteiger partial charge < -0.3 is 15.0 Å². The number of sulfone groups is 4. The molecule has 2 N–H and O–H groups in total. The van der Waals surface area contributed by atoms with Crippen LogP contribution in [0.15, 0.2) is 12.3 Å². The van der Waals surface area contributed by atoms with E-state index in [1.54, 1.807) is 0 Å². The number of aromatic nitrogens is 1. The van der Waals surface area contributed by atoms with E-state index in [2.05, 4.69) is 4.98 Å². The molecule has 0 unspecified atom stereocenters. The Bertz CT molecular complexity index is 1150. The fourth-order valence-corrected chi connectivity index (χ4v) is 14.1. The van der Waals surface area contributed by atoms with Crippen molar-refractivity contribution in [2.75, 3.05) is 30.8 Å². The fraction of sp³-hybridized carbons (Fsp3) is 0.545. The Kier molecular flexibility index (Phi) is 5.43. The molecule has 0 atom stereocenters. The molecule has 2 heterocycles. The molecule has 1 fully saturated rings. The summed E-state index contributed by atoms with van der Waals surface area (Å²) in [6.07, 6.45) is 1.67. The number of nitrogens with two attached hydrogens (primary N) is 1. The van der Waals surface area contributed by atoms with Crippen LogP contribution in [0, 0.1) is 5.82 Å². The first-order chi connectivity index (χ1) is 12.7. The summed E-state index contributed by atoms with van der Waals surface area (Å²) in [6, 6.07) is 0.630. The van der Waals surface area contributed by atoms with Crippen LogP contribution in [-0.4, -0.2) is 79.3 Å². The SMILES string of the molecule is CS(=O)(=O)C1(S(C)(=O)=O)OB(c2cnc(N)cc2F)OC1(S(C)(=O)=O)S(C)(=O)=O. The molecule has 1 aromatic rings. The van der Waals surface area contributed by atoms with Crippen molar-refractivity contribution in [1.82, 2.24) is 4.98 Å². The van der Waals surface area contributed by atoms with Gasteiger partial charge in [0.15, 0.2) is 39.3 Å². The zero-order valence-electron chi connectivity index (χ0n) is 15.4. The molecule has 1 saturated heterocycles. The highest BCUT2D eigenvalue weighted by Gasteiger charge is 2.83. The Morgan fingerprint density at radius 2 is 1.21 bits per heavy atom. The van der Waals surface area contributed by atoms with Gasteiger partial charge in [-0.05, 0) is 0 Å². The van der Waals surface area contributed by atoms with Gasteiger partial charge in [0.05, 0.1) is 0 Å². The summed E-state index contributed by atoms with van der Waals surface area (Å²) < 4.78 is 117. The van der Waals surface area contributed by atoms with E-state index >= 15 is 0 Å². The molecular weight excluding hydrogens is 478 g/mol. The maximum atomic E-state index is 14.3. The highest BCUT2D eigenvalue weighted by atomic mass is 32.3. The summed E-state index contributed by atoms with van der Waals surface area (Å²) in [5.41, 5.74) is 4.52. The summed E-state index contributed by atoms with van der Waals surface area (Å²) in [5.74, 6) is -1.57. The van der Waals surface area contributed by atoms with Crippen molar-refractivity contribution in [2.45, 2.75) is 8.53 Å². The zero-order chi connectivity index (χ0) is 22.8. The van der Waals surface area contributed by atoms with Crippen LogP contribution in [0.25, 0.3) is 0 Å². The highest BCUT2D eigenvalue weighted by Crippen LogP contribution is 2.51. The molecule has 164 valence electrons. The predicted molar refractivity (Wildman–Crippen MR) is 101 cm³/mol. The third-order valence-electron chi connectivity index (χ3n) is 4.01. The number of hydrogen-bond donors (Lipinski definition) is 1. The minimum absolute atomic E-state index is 0.252. The van der Waals surface area contributed by atoms with Crippen LogP contribution in [0.2, 0.25) is 0 Å². The van der Waals surface area contributed by atoms with Gasteiger partial charge in [-0.1, -0.05) is 0 Å². The van der Waals surface area contributed by atoms with Crippen LogP contribution < -0.4 is 11.2 Å². The van der Waals surface area contributed by atoms with Gasteiger partial charge in [0.2, 0.25) is 0 Å². The van der Waals surface area contributed by atoms with E-state index < -0.39 is 66.3 Å². The van der Waals surface area contributed by atoms with E-state index in [1.807, 2.05) is 0 Å². The van der Waals surface area contributed by atoms with Crippen molar-refractivity contribution in [1.29, 1.82) is 0 Å². The van der Waals surface area contributed by atoms with Crippen molar-refractivity contribution in [2.24, 2.45) is 0 Å². The molecule has 0 aliphatic carbocycles. The first-order valence-electron chi connectivity index (χ1n) is 7.28. The molecule has 0 amide bonds. The first kappa shape index (κ1) is 23.9. The number of rotatable bonds is 5. The lowest BCUT2D eigenvalue weighted by atomic mass is 9.80. The van der Waals surface area contributed by atoms with Crippen LogP contribution >= 0.6 is 0 Å².